The molecule has 1 fully saturated rings. The van der Waals surface area contributed by atoms with E-state index in [1.807, 2.05) is 0 Å². The van der Waals surface area contributed by atoms with Crippen LogP contribution in [-0.2, 0) is 6.42 Å². The van der Waals surface area contributed by atoms with E-state index in [4.69, 9.17) is 0 Å². The molecule has 0 aliphatic heterocycles. The van der Waals surface area contributed by atoms with Gasteiger partial charge in [-0.2, -0.15) is 0 Å². The predicted octanol–water partition coefficient (Wildman–Crippen LogP) is 1.95. The second kappa shape index (κ2) is 2.36. The van der Waals surface area contributed by atoms with Crippen molar-refractivity contribution in [2.75, 3.05) is 0 Å². The lowest BCUT2D eigenvalue weighted by Gasteiger charge is -2.44. The van der Waals surface area contributed by atoms with E-state index >= 15 is 0 Å². The molecule has 1 N–H and O–H groups in total. The molecule has 0 heterocycles. The minimum atomic E-state index is -0.0580. The van der Waals surface area contributed by atoms with Crippen LogP contribution in [0.1, 0.15) is 24.0 Å². The average molecular weight is 174 g/mol. The van der Waals surface area contributed by atoms with Crippen LogP contribution in [0.15, 0.2) is 24.3 Å². The van der Waals surface area contributed by atoms with Crippen molar-refractivity contribution in [2.24, 2.45) is 11.8 Å². The number of aliphatic hydroxyl groups is 1. The molecule has 4 unspecified atom stereocenters. The standard InChI is InChI=1S/C12H14O/c1-7-11-9-5-3-2-4-8(9)6-10(11)12(7)13/h2-5,7,10-13H,6H2,1H3. The van der Waals surface area contributed by atoms with Crippen molar-refractivity contribution in [1.29, 1.82) is 0 Å². The summed E-state index contributed by atoms with van der Waals surface area (Å²) in [7, 11) is 0. The van der Waals surface area contributed by atoms with Crippen molar-refractivity contribution in [2.45, 2.75) is 25.4 Å². The van der Waals surface area contributed by atoms with Gasteiger partial charge in [0.05, 0.1) is 6.10 Å². The summed E-state index contributed by atoms with van der Waals surface area (Å²) in [5.74, 6) is 1.63. The van der Waals surface area contributed by atoms with E-state index in [-0.39, 0.29) is 6.10 Å². The number of hydrogen-bond acceptors (Lipinski definition) is 1. The van der Waals surface area contributed by atoms with Gasteiger partial charge in [0.2, 0.25) is 0 Å². The predicted molar refractivity (Wildman–Crippen MR) is 51.5 cm³/mol. The van der Waals surface area contributed by atoms with E-state index in [1.165, 1.54) is 11.1 Å². The van der Waals surface area contributed by atoms with E-state index in [2.05, 4.69) is 31.2 Å². The first-order valence-corrected chi connectivity index (χ1v) is 5.05. The molecule has 1 heteroatoms. The summed E-state index contributed by atoms with van der Waals surface area (Å²) >= 11 is 0. The van der Waals surface area contributed by atoms with Crippen LogP contribution in [0.25, 0.3) is 0 Å². The Bertz CT molecular complexity index is 345. The van der Waals surface area contributed by atoms with Crippen molar-refractivity contribution in [1.82, 2.24) is 0 Å². The minimum absolute atomic E-state index is 0.0580. The van der Waals surface area contributed by atoms with Gasteiger partial charge in [0, 0.05) is 0 Å². The van der Waals surface area contributed by atoms with Crippen LogP contribution >= 0.6 is 0 Å². The Morgan fingerprint density at radius 1 is 1.31 bits per heavy atom. The number of benzene rings is 1. The quantitative estimate of drug-likeness (QED) is 0.637. The van der Waals surface area contributed by atoms with Gasteiger partial charge in [0.25, 0.3) is 0 Å². The van der Waals surface area contributed by atoms with Gasteiger partial charge >= 0.3 is 0 Å². The number of hydrogen-bond donors (Lipinski definition) is 1. The number of aliphatic hydroxyl groups excluding tert-OH is 1. The van der Waals surface area contributed by atoms with E-state index < -0.39 is 0 Å². The Kier molecular flexibility index (Phi) is 1.37. The molecule has 68 valence electrons. The van der Waals surface area contributed by atoms with Gasteiger partial charge in [-0.25, -0.2) is 0 Å². The molecule has 0 saturated heterocycles. The van der Waals surface area contributed by atoms with Crippen LogP contribution in [-0.4, -0.2) is 11.2 Å². The summed E-state index contributed by atoms with van der Waals surface area (Å²) in [5.41, 5.74) is 2.95. The average Bonchev–Trinajstić information content (AvgIpc) is 2.52. The molecule has 1 aromatic carbocycles. The van der Waals surface area contributed by atoms with Crippen LogP contribution in [0, 0.1) is 11.8 Å². The topological polar surface area (TPSA) is 20.2 Å². The smallest absolute Gasteiger partial charge is 0.0609 e. The van der Waals surface area contributed by atoms with Crippen LogP contribution in [0.3, 0.4) is 0 Å². The van der Waals surface area contributed by atoms with Crippen molar-refractivity contribution in [3.63, 3.8) is 0 Å². The molecule has 0 aromatic heterocycles. The Morgan fingerprint density at radius 3 is 2.92 bits per heavy atom. The molecule has 0 bridgehead atoms. The fourth-order valence-corrected chi connectivity index (χ4v) is 3.12. The van der Waals surface area contributed by atoms with Crippen LogP contribution < -0.4 is 0 Å². The first-order chi connectivity index (χ1) is 6.29. The lowest BCUT2D eigenvalue weighted by atomic mass is 9.63. The van der Waals surface area contributed by atoms with Crippen molar-refractivity contribution < 1.29 is 5.11 Å². The van der Waals surface area contributed by atoms with Gasteiger partial charge in [0.15, 0.2) is 0 Å². The lowest BCUT2D eigenvalue weighted by Crippen LogP contribution is -2.45. The minimum Gasteiger partial charge on any atom is -0.393 e. The van der Waals surface area contributed by atoms with Gasteiger partial charge in [0.1, 0.15) is 0 Å². The van der Waals surface area contributed by atoms with Crippen LogP contribution in [0.4, 0.5) is 0 Å². The summed E-state index contributed by atoms with van der Waals surface area (Å²) in [5, 5.41) is 9.76. The van der Waals surface area contributed by atoms with Gasteiger partial charge in [-0.15, -0.1) is 0 Å². The second-order valence-corrected chi connectivity index (χ2v) is 4.44. The molecule has 2 aliphatic rings. The van der Waals surface area contributed by atoms with E-state index in [9.17, 15) is 5.11 Å². The lowest BCUT2D eigenvalue weighted by molar-refractivity contribution is -0.0474. The molecule has 0 amide bonds. The highest BCUT2D eigenvalue weighted by Crippen LogP contribution is 2.54. The van der Waals surface area contributed by atoms with E-state index in [1.54, 1.807) is 0 Å². The summed E-state index contributed by atoms with van der Waals surface area (Å²) < 4.78 is 0. The first kappa shape index (κ1) is 7.57. The monoisotopic (exact) mass is 174 g/mol. The van der Waals surface area contributed by atoms with Crippen molar-refractivity contribution >= 4 is 0 Å². The highest BCUT2D eigenvalue weighted by molar-refractivity contribution is 5.40. The Hall–Kier alpha value is -0.820. The number of fused-ring (bicyclic) bond motifs is 3. The third-order valence-corrected chi connectivity index (χ3v) is 3.87. The number of rotatable bonds is 0. The zero-order valence-corrected chi connectivity index (χ0v) is 7.77. The van der Waals surface area contributed by atoms with Crippen molar-refractivity contribution in [3.8, 4) is 0 Å². The zero-order valence-electron chi connectivity index (χ0n) is 7.77. The molecule has 1 nitrogen and oxygen atoms in total. The largest absolute Gasteiger partial charge is 0.393 e. The third-order valence-electron chi connectivity index (χ3n) is 3.87. The summed E-state index contributed by atoms with van der Waals surface area (Å²) in [6.45, 7) is 2.16. The maximum Gasteiger partial charge on any atom is 0.0609 e. The second-order valence-electron chi connectivity index (χ2n) is 4.44. The molecular weight excluding hydrogens is 160 g/mol. The summed E-state index contributed by atoms with van der Waals surface area (Å²) in [6.07, 6.45) is 1.03. The van der Waals surface area contributed by atoms with Crippen LogP contribution in [0.2, 0.25) is 0 Å². The summed E-state index contributed by atoms with van der Waals surface area (Å²) in [6, 6.07) is 8.63. The SMILES string of the molecule is CC1C(O)C2Cc3ccccc3C12. The first-order valence-electron chi connectivity index (χ1n) is 5.05. The van der Waals surface area contributed by atoms with Gasteiger partial charge in [-0.1, -0.05) is 31.2 Å². The molecule has 1 aromatic rings. The van der Waals surface area contributed by atoms with E-state index in [0.29, 0.717) is 17.8 Å². The molecule has 3 rings (SSSR count). The zero-order chi connectivity index (χ0) is 9.00. The molecule has 4 atom stereocenters. The van der Waals surface area contributed by atoms with Crippen molar-refractivity contribution in [3.05, 3.63) is 35.4 Å². The highest BCUT2D eigenvalue weighted by Gasteiger charge is 2.51. The maximum atomic E-state index is 9.76. The third kappa shape index (κ3) is 0.806. The fourth-order valence-electron chi connectivity index (χ4n) is 3.12. The van der Waals surface area contributed by atoms with E-state index in [0.717, 1.165) is 6.42 Å². The Morgan fingerprint density at radius 2 is 2.08 bits per heavy atom. The van der Waals surface area contributed by atoms with Gasteiger partial charge in [-0.3, -0.25) is 0 Å². The molecule has 2 aliphatic carbocycles. The highest BCUT2D eigenvalue weighted by atomic mass is 16.3. The fraction of sp³-hybridized carbons (Fsp3) is 0.500. The van der Waals surface area contributed by atoms with Gasteiger partial charge < -0.3 is 5.11 Å². The maximum absolute atomic E-state index is 9.76. The molecule has 0 radical (unpaired) electrons. The summed E-state index contributed by atoms with van der Waals surface area (Å²) in [4.78, 5) is 0. The Labute approximate surface area is 78.4 Å². The molecule has 13 heavy (non-hydrogen) atoms. The molecule has 1 saturated carbocycles. The molecule has 0 spiro atoms. The Balaban J connectivity index is 2.05. The normalized spacial score (nSPS) is 40.8. The van der Waals surface area contributed by atoms with Gasteiger partial charge in [-0.05, 0) is 35.3 Å². The molecular formula is C12H14O. The van der Waals surface area contributed by atoms with Crippen LogP contribution in [0.5, 0.6) is 0 Å².